The fourth-order valence-electron chi connectivity index (χ4n) is 2.51. The number of rotatable bonds is 6. The van der Waals surface area contributed by atoms with Gasteiger partial charge in [0.15, 0.2) is 6.29 Å². The van der Waals surface area contributed by atoms with Gasteiger partial charge in [0.1, 0.15) is 30.2 Å². The van der Waals surface area contributed by atoms with Gasteiger partial charge >= 0.3 is 0 Å². The highest BCUT2D eigenvalue weighted by molar-refractivity contribution is 5.25. The largest absolute Gasteiger partial charge is 0.508 e. The van der Waals surface area contributed by atoms with Gasteiger partial charge in [-0.25, -0.2) is 0 Å². The van der Waals surface area contributed by atoms with Crippen LogP contribution < -0.4 is 0 Å². The molecule has 1 aromatic rings. The molecule has 0 amide bonds. The van der Waals surface area contributed by atoms with Gasteiger partial charge in [0.25, 0.3) is 0 Å². The van der Waals surface area contributed by atoms with Crippen molar-refractivity contribution in [1.29, 1.82) is 0 Å². The molecule has 130 valence electrons. The molecular formula is C16H24O7. The van der Waals surface area contributed by atoms with Gasteiger partial charge in [-0.15, -0.1) is 0 Å². The number of aryl methyl sites for hydroxylation is 1. The van der Waals surface area contributed by atoms with Crippen molar-refractivity contribution in [2.24, 2.45) is 0 Å². The van der Waals surface area contributed by atoms with Crippen molar-refractivity contribution in [3.8, 4) is 5.75 Å². The zero-order chi connectivity index (χ0) is 17.0. The van der Waals surface area contributed by atoms with Crippen molar-refractivity contribution >= 4 is 0 Å². The summed E-state index contributed by atoms with van der Waals surface area (Å²) >= 11 is 0. The van der Waals surface area contributed by atoms with E-state index in [9.17, 15) is 20.4 Å². The lowest BCUT2D eigenvalue weighted by Crippen LogP contribution is -2.59. The molecule has 1 aromatic carbocycles. The van der Waals surface area contributed by atoms with Crippen LogP contribution in [0.2, 0.25) is 0 Å². The third-order valence-corrected chi connectivity index (χ3v) is 3.99. The van der Waals surface area contributed by atoms with Gasteiger partial charge in [-0.3, -0.25) is 0 Å². The average Bonchev–Trinajstić information content (AvgIpc) is 2.55. The van der Waals surface area contributed by atoms with E-state index < -0.39 is 37.3 Å². The van der Waals surface area contributed by atoms with Crippen molar-refractivity contribution in [2.45, 2.75) is 56.6 Å². The predicted molar refractivity (Wildman–Crippen MR) is 80.7 cm³/mol. The van der Waals surface area contributed by atoms with Crippen LogP contribution in [0.3, 0.4) is 0 Å². The minimum absolute atomic E-state index is 0.208. The van der Waals surface area contributed by atoms with E-state index in [0.29, 0.717) is 12.8 Å². The van der Waals surface area contributed by atoms with E-state index in [0.717, 1.165) is 5.56 Å². The Kier molecular flexibility index (Phi) is 6.34. The number of ether oxygens (including phenoxy) is 2. The summed E-state index contributed by atoms with van der Waals surface area (Å²) in [5.41, 5.74) is 1.03. The monoisotopic (exact) mass is 328 g/mol. The van der Waals surface area contributed by atoms with Crippen LogP contribution in [0.4, 0.5) is 0 Å². The van der Waals surface area contributed by atoms with Crippen LogP contribution >= 0.6 is 0 Å². The quantitative estimate of drug-likeness (QED) is 0.479. The molecule has 0 aliphatic carbocycles. The number of phenols is 1. The van der Waals surface area contributed by atoms with E-state index in [-0.39, 0.29) is 11.9 Å². The van der Waals surface area contributed by atoms with E-state index in [4.69, 9.17) is 14.6 Å². The van der Waals surface area contributed by atoms with Crippen LogP contribution in [0.5, 0.6) is 5.75 Å². The molecule has 1 fully saturated rings. The summed E-state index contributed by atoms with van der Waals surface area (Å²) in [6.07, 6.45) is -5.21. The smallest absolute Gasteiger partial charge is 0.186 e. The number of phenolic OH excluding ortho intramolecular Hbond substituents is 1. The minimum atomic E-state index is -1.44. The van der Waals surface area contributed by atoms with Crippen molar-refractivity contribution in [3.63, 3.8) is 0 Å². The highest BCUT2D eigenvalue weighted by atomic mass is 16.7. The molecule has 1 aliphatic heterocycles. The molecule has 0 saturated carbocycles. The summed E-state index contributed by atoms with van der Waals surface area (Å²) in [5, 5.41) is 47.7. The second-order valence-electron chi connectivity index (χ2n) is 5.85. The van der Waals surface area contributed by atoms with E-state index in [1.54, 1.807) is 12.1 Å². The molecule has 0 aromatic heterocycles. The SMILES string of the molecule is C[C@@H](CCc1ccc(O)cc1)O[C@H]1O[C@H](CO)[C@@H](O)[C@H](O)[C@H]1O. The molecule has 1 heterocycles. The Morgan fingerprint density at radius 1 is 1.09 bits per heavy atom. The summed E-state index contributed by atoms with van der Waals surface area (Å²) in [5.74, 6) is 0.208. The molecule has 23 heavy (non-hydrogen) atoms. The van der Waals surface area contributed by atoms with Crippen LogP contribution in [0.1, 0.15) is 18.9 Å². The lowest BCUT2D eigenvalue weighted by molar-refractivity contribution is -0.310. The molecule has 0 radical (unpaired) electrons. The fraction of sp³-hybridized carbons (Fsp3) is 0.625. The lowest BCUT2D eigenvalue weighted by atomic mass is 9.99. The molecular weight excluding hydrogens is 304 g/mol. The average molecular weight is 328 g/mol. The van der Waals surface area contributed by atoms with Gasteiger partial charge in [0.2, 0.25) is 0 Å². The molecule has 1 aliphatic rings. The molecule has 6 atom stereocenters. The molecule has 0 unspecified atom stereocenters. The number of hydrogen-bond acceptors (Lipinski definition) is 7. The summed E-state index contributed by atoms with van der Waals surface area (Å²) < 4.78 is 10.9. The number of hydrogen-bond donors (Lipinski definition) is 5. The number of aromatic hydroxyl groups is 1. The molecule has 0 bridgehead atoms. The zero-order valence-corrected chi connectivity index (χ0v) is 12.9. The normalized spacial score (nSPS) is 32.7. The molecule has 0 spiro atoms. The first-order valence-electron chi connectivity index (χ1n) is 7.66. The Labute approximate surface area is 134 Å². The first-order chi connectivity index (χ1) is 10.9. The summed E-state index contributed by atoms with van der Waals surface area (Å²) in [4.78, 5) is 0. The Hall–Kier alpha value is -1.22. The van der Waals surface area contributed by atoms with Crippen molar-refractivity contribution < 1.29 is 35.0 Å². The maximum absolute atomic E-state index is 9.92. The first kappa shape index (κ1) is 18.1. The molecule has 7 nitrogen and oxygen atoms in total. The Morgan fingerprint density at radius 3 is 2.35 bits per heavy atom. The minimum Gasteiger partial charge on any atom is -0.508 e. The third-order valence-electron chi connectivity index (χ3n) is 3.99. The van der Waals surface area contributed by atoms with Gasteiger partial charge in [-0.1, -0.05) is 12.1 Å². The maximum Gasteiger partial charge on any atom is 0.186 e. The van der Waals surface area contributed by atoms with Crippen LogP contribution in [-0.4, -0.2) is 68.9 Å². The molecule has 5 N–H and O–H groups in total. The molecule has 7 heteroatoms. The second-order valence-corrected chi connectivity index (χ2v) is 5.85. The fourth-order valence-corrected chi connectivity index (χ4v) is 2.51. The number of aliphatic hydroxyl groups excluding tert-OH is 4. The van der Waals surface area contributed by atoms with Crippen molar-refractivity contribution in [3.05, 3.63) is 29.8 Å². The summed E-state index contributed by atoms with van der Waals surface area (Å²) in [6, 6.07) is 6.85. The van der Waals surface area contributed by atoms with Crippen LogP contribution in [0.25, 0.3) is 0 Å². The van der Waals surface area contributed by atoms with Crippen LogP contribution in [-0.2, 0) is 15.9 Å². The highest BCUT2D eigenvalue weighted by Gasteiger charge is 2.44. The van der Waals surface area contributed by atoms with E-state index in [1.807, 2.05) is 19.1 Å². The highest BCUT2D eigenvalue weighted by Crippen LogP contribution is 2.23. The first-order valence-corrected chi connectivity index (χ1v) is 7.66. The number of benzene rings is 1. The second kappa shape index (κ2) is 8.05. The Balaban J connectivity index is 1.86. The molecule has 2 rings (SSSR count). The third kappa shape index (κ3) is 4.63. The standard InChI is InChI=1S/C16H24O7/c1-9(2-3-10-4-6-11(18)7-5-10)22-16-15(21)14(20)13(19)12(8-17)23-16/h4-7,9,12-21H,2-3,8H2,1H3/t9-,12+,13+,14-,15+,16-/m0/s1. The maximum atomic E-state index is 9.92. The number of aliphatic hydroxyl groups is 4. The van der Waals surface area contributed by atoms with E-state index >= 15 is 0 Å². The zero-order valence-electron chi connectivity index (χ0n) is 12.9. The topological polar surface area (TPSA) is 120 Å². The van der Waals surface area contributed by atoms with Gasteiger partial charge in [-0.2, -0.15) is 0 Å². The summed E-state index contributed by atoms with van der Waals surface area (Å²) in [6.45, 7) is 1.33. The van der Waals surface area contributed by atoms with Gasteiger partial charge in [-0.05, 0) is 37.5 Å². The van der Waals surface area contributed by atoms with Gasteiger partial charge in [0.05, 0.1) is 12.7 Å². The van der Waals surface area contributed by atoms with Gasteiger partial charge < -0.3 is 35.0 Å². The van der Waals surface area contributed by atoms with Crippen molar-refractivity contribution in [2.75, 3.05) is 6.61 Å². The van der Waals surface area contributed by atoms with E-state index in [1.165, 1.54) is 0 Å². The summed E-state index contributed by atoms with van der Waals surface area (Å²) in [7, 11) is 0. The van der Waals surface area contributed by atoms with E-state index in [2.05, 4.69) is 0 Å². The van der Waals surface area contributed by atoms with Gasteiger partial charge in [0, 0.05) is 0 Å². The Bertz CT molecular complexity index is 476. The van der Waals surface area contributed by atoms with Crippen LogP contribution in [0, 0.1) is 0 Å². The predicted octanol–water partition coefficient (Wildman–Crippen LogP) is -0.470. The van der Waals surface area contributed by atoms with Crippen LogP contribution in [0.15, 0.2) is 24.3 Å². The van der Waals surface area contributed by atoms with Crippen molar-refractivity contribution in [1.82, 2.24) is 0 Å². The molecule has 1 saturated heterocycles. The lowest BCUT2D eigenvalue weighted by Gasteiger charge is -2.40. The Morgan fingerprint density at radius 2 is 1.74 bits per heavy atom.